The maximum absolute atomic E-state index is 13.2. The molecule has 4 aromatic rings. The predicted molar refractivity (Wildman–Crippen MR) is 110 cm³/mol. The Kier molecular flexibility index (Phi) is 5.58. The molecule has 29 heavy (non-hydrogen) atoms. The zero-order valence-corrected chi connectivity index (χ0v) is 16.2. The molecule has 0 spiro atoms. The first-order valence-electron chi connectivity index (χ1n) is 8.99. The molecular weight excluding hydrogens is 388 g/mol. The lowest BCUT2D eigenvalue weighted by Gasteiger charge is -2.21. The molecule has 3 aromatic heterocycles. The first kappa shape index (κ1) is 18.8. The number of furan rings is 2. The summed E-state index contributed by atoms with van der Waals surface area (Å²) >= 11 is 1.22. The van der Waals surface area contributed by atoms with Crippen molar-refractivity contribution in [3.05, 3.63) is 101 Å². The number of rotatable bonds is 7. The zero-order chi connectivity index (χ0) is 20.1. The summed E-state index contributed by atoms with van der Waals surface area (Å²) in [5, 5.41) is 3.33. The maximum atomic E-state index is 13.2. The molecule has 1 aromatic carbocycles. The van der Waals surface area contributed by atoms with Crippen LogP contribution >= 0.6 is 11.3 Å². The van der Waals surface area contributed by atoms with Gasteiger partial charge in [-0.1, -0.05) is 30.3 Å². The molecule has 3 heterocycles. The van der Waals surface area contributed by atoms with E-state index in [1.165, 1.54) is 17.6 Å². The third-order valence-corrected chi connectivity index (χ3v) is 5.22. The highest BCUT2D eigenvalue weighted by Crippen LogP contribution is 2.25. The Balaban J connectivity index is 1.51. The molecule has 0 aliphatic rings. The lowest BCUT2D eigenvalue weighted by atomic mass is 10.2. The summed E-state index contributed by atoms with van der Waals surface area (Å²) in [6, 6.07) is 20.1. The van der Waals surface area contributed by atoms with Crippen LogP contribution in [-0.4, -0.2) is 16.7 Å². The molecule has 0 aliphatic heterocycles. The van der Waals surface area contributed by atoms with Gasteiger partial charge >= 0.3 is 0 Å². The van der Waals surface area contributed by atoms with Gasteiger partial charge in [0.25, 0.3) is 11.8 Å². The Morgan fingerprint density at radius 1 is 0.862 bits per heavy atom. The molecule has 0 bridgehead atoms. The summed E-state index contributed by atoms with van der Waals surface area (Å²) in [6.45, 7) is 0.805. The van der Waals surface area contributed by atoms with Gasteiger partial charge in [-0.3, -0.25) is 9.59 Å². The van der Waals surface area contributed by atoms with E-state index in [0.29, 0.717) is 28.7 Å². The molecular formula is C22H18N2O4S. The average molecular weight is 406 g/mol. The van der Waals surface area contributed by atoms with Crippen molar-refractivity contribution >= 4 is 28.2 Å². The van der Waals surface area contributed by atoms with Crippen molar-refractivity contribution < 1.29 is 18.4 Å². The van der Waals surface area contributed by atoms with E-state index in [0.717, 1.165) is 5.56 Å². The SMILES string of the molecule is O=C(Nc1ccc(C(=O)N(Cc2ccccc2)Cc2ccco2)s1)c1ccco1. The number of benzene rings is 1. The number of hydrogen-bond acceptors (Lipinski definition) is 5. The van der Waals surface area contributed by atoms with E-state index in [1.807, 2.05) is 36.4 Å². The van der Waals surface area contributed by atoms with Gasteiger partial charge in [-0.25, -0.2) is 0 Å². The maximum Gasteiger partial charge on any atom is 0.291 e. The summed E-state index contributed by atoms with van der Waals surface area (Å²) < 4.78 is 10.5. The standard InChI is InChI=1S/C22H18N2O4S/c25-21(18-9-5-13-28-18)23-20-11-10-19(29-20)22(26)24(15-17-8-4-12-27-17)14-16-6-2-1-3-7-16/h1-13H,14-15H2,(H,23,25). The van der Waals surface area contributed by atoms with Crippen LogP contribution in [0.15, 0.2) is 88.1 Å². The normalized spacial score (nSPS) is 10.6. The Labute approximate surface area is 171 Å². The smallest absolute Gasteiger partial charge is 0.291 e. The Bertz CT molecular complexity index is 1070. The Hall–Kier alpha value is -3.58. The van der Waals surface area contributed by atoms with Crippen LogP contribution in [0.3, 0.4) is 0 Å². The first-order chi connectivity index (χ1) is 14.2. The van der Waals surface area contributed by atoms with Crippen LogP contribution in [0.4, 0.5) is 5.00 Å². The Morgan fingerprint density at radius 3 is 2.38 bits per heavy atom. The van der Waals surface area contributed by atoms with E-state index < -0.39 is 0 Å². The van der Waals surface area contributed by atoms with Gasteiger partial charge < -0.3 is 19.1 Å². The molecule has 0 radical (unpaired) electrons. The number of nitrogens with one attached hydrogen (secondary N) is 1. The van der Waals surface area contributed by atoms with Crippen LogP contribution in [-0.2, 0) is 13.1 Å². The van der Waals surface area contributed by atoms with Crippen molar-refractivity contribution in [3.8, 4) is 0 Å². The van der Waals surface area contributed by atoms with Crippen molar-refractivity contribution in [1.29, 1.82) is 0 Å². The van der Waals surface area contributed by atoms with E-state index in [2.05, 4.69) is 5.32 Å². The predicted octanol–water partition coefficient (Wildman–Crippen LogP) is 5.03. The van der Waals surface area contributed by atoms with Gasteiger partial charge in [0.2, 0.25) is 0 Å². The fraction of sp³-hybridized carbons (Fsp3) is 0.0909. The quantitative estimate of drug-likeness (QED) is 0.467. The molecule has 2 amide bonds. The molecule has 0 unspecified atom stereocenters. The number of anilines is 1. The van der Waals surface area contributed by atoms with E-state index in [1.54, 1.807) is 41.5 Å². The molecule has 0 saturated heterocycles. The van der Waals surface area contributed by atoms with Crippen LogP contribution < -0.4 is 5.32 Å². The number of carbonyl (C=O) groups is 2. The van der Waals surface area contributed by atoms with Crippen LogP contribution in [0.2, 0.25) is 0 Å². The summed E-state index contributed by atoms with van der Waals surface area (Å²) in [5.41, 5.74) is 1.02. The highest BCUT2D eigenvalue weighted by molar-refractivity contribution is 7.18. The molecule has 6 nitrogen and oxygen atoms in total. The first-order valence-corrected chi connectivity index (χ1v) is 9.81. The second kappa shape index (κ2) is 8.62. The van der Waals surface area contributed by atoms with Crippen LogP contribution in [0.5, 0.6) is 0 Å². The van der Waals surface area contributed by atoms with E-state index >= 15 is 0 Å². The van der Waals surface area contributed by atoms with Crippen LogP contribution in [0.1, 0.15) is 31.6 Å². The third-order valence-electron chi connectivity index (χ3n) is 4.23. The average Bonchev–Trinajstić information content (AvgIpc) is 3.50. The van der Waals surface area contributed by atoms with Gasteiger partial charge in [0.1, 0.15) is 5.76 Å². The van der Waals surface area contributed by atoms with Crippen molar-refractivity contribution in [2.45, 2.75) is 13.1 Å². The highest BCUT2D eigenvalue weighted by Gasteiger charge is 2.20. The van der Waals surface area contributed by atoms with E-state index in [9.17, 15) is 9.59 Å². The number of amides is 2. The summed E-state index contributed by atoms with van der Waals surface area (Å²) in [5.74, 6) is 0.438. The van der Waals surface area contributed by atoms with Crippen molar-refractivity contribution in [2.24, 2.45) is 0 Å². The summed E-state index contributed by atoms with van der Waals surface area (Å²) in [4.78, 5) is 27.6. The topological polar surface area (TPSA) is 75.7 Å². The molecule has 0 saturated carbocycles. The fourth-order valence-electron chi connectivity index (χ4n) is 2.85. The minimum absolute atomic E-state index is 0.131. The van der Waals surface area contributed by atoms with Gasteiger partial charge in [-0.2, -0.15) is 0 Å². The van der Waals surface area contributed by atoms with Gasteiger partial charge in [-0.05, 0) is 42.0 Å². The summed E-state index contributed by atoms with van der Waals surface area (Å²) in [6.07, 6.45) is 3.03. The van der Waals surface area contributed by atoms with E-state index in [-0.39, 0.29) is 17.6 Å². The van der Waals surface area contributed by atoms with Crippen molar-refractivity contribution in [1.82, 2.24) is 4.90 Å². The number of nitrogens with zero attached hydrogens (tertiary/aromatic N) is 1. The number of carbonyl (C=O) groups excluding carboxylic acids is 2. The van der Waals surface area contributed by atoms with Crippen molar-refractivity contribution in [3.63, 3.8) is 0 Å². The van der Waals surface area contributed by atoms with Crippen LogP contribution in [0, 0.1) is 0 Å². The molecule has 0 atom stereocenters. The highest BCUT2D eigenvalue weighted by atomic mass is 32.1. The zero-order valence-electron chi connectivity index (χ0n) is 15.4. The van der Waals surface area contributed by atoms with Gasteiger partial charge in [-0.15, -0.1) is 11.3 Å². The second-order valence-electron chi connectivity index (χ2n) is 6.32. The number of thiophene rings is 1. The van der Waals surface area contributed by atoms with Gasteiger partial charge in [0.15, 0.2) is 5.76 Å². The van der Waals surface area contributed by atoms with Crippen LogP contribution in [0.25, 0.3) is 0 Å². The lowest BCUT2D eigenvalue weighted by molar-refractivity contribution is 0.0722. The van der Waals surface area contributed by atoms with Crippen molar-refractivity contribution in [2.75, 3.05) is 5.32 Å². The molecule has 7 heteroatoms. The third kappa shape index (κ3) is 4.64. The molecule has 0 aliphatic carbocycles. The Morgan fingerprint density at radius 2 is 1.66 bits per heavy atom. The van der Waals surface area contributed by atoms with Gasteiger partial charge in [0.05, 0.1) is 28.9 Å². The summed E-state index contributed by atoms with van der Waals surface area (Å²) in [7, 11) is 0. The second-order valence-corrected chi connectivity index (χ2v) is 7.41. The largest absolute Gasteiger partial charge is 0.467 e. The minimum atomic E-state index is -0.354. The number of hydrogen-bond donors (Lipinski definition) is 1. The molecule has 4 rings (SSSR count). The minimum Gasteiger partial charge on any atom is -0.467 e. The fourth-order valence-corrected chi connectivity index (χ4v) is 3.72. The molecule has 0 fully saturated rings. The monoisotopic (exact) mass is 406 g/mol. The van der Waals surface area contributed by atoms with Gasteiger partial charge in [0, 0.05) is 6.54 Å². The van der Waals surface area contributed by atoms with E-state index in [4.69, 9.17) is 8.83 Å². The molecule has 146 valence electrons. The molecule has 1 N–H and O–H groups in total. The lowest BCUT2D eigenvalue weighted by Crippen LogP contribution is -2.29.